The van der Waals surface area contributed by atoms with Crippen LogP contribution in [0, 0.1) is 0 Å². The first kappa shape index (κ1) is 12.5. The van der Waals surface area contributed by atoms with Gasteiger partial charge in [0.05, 0.1) is 9.83 Å². The van der Waals surface area contributed by atoms with Crippen molar-refractivity contribution in [3.63, 3.8) is 0 Å². The lowest BCUT2D eigenvalue weighted by Gasteiger charge is -1.99. The lowest BCUT2D eigenvalue weighted by Crippen LogP contribution is -2.05. The molecule has 7 heteroatoms. The van der Waals surface area contributed by atoms with E-state index in [4.69, 9.17) is 10.2 Å². The zero-order valence-electron chi connectivity index (χ0n) is 9.31. The number of rotatable bonds is 5. The molecule has 0 aliphatic heterocycles. The van der Waals surface area contributed by atoms with Crippen molar-refractivity contribution in [1.82, 2.24) is 10.2 Å². The molecule has 0 saturated carbocycles. The van der Waals surface area contributed by atoms with Gasteiger partial charge in [-0.1, -0.05) is 5.10 Å². The van der Waals surface area contributed by atoms with Crippen LogP contribution >= 0.6 is 27.3 Å². The summed E-state index contributed by atoms with van der Waals surface area (Å²) in [6, 6.07) is 4.33. The smallest absolute Gasteiger partial charge is 0.315 e. The molecule has 1 unspecified atom stereocenters. The van der Waals surface area contributed by atoms with Gasteiger partial charge in [0.15, 0.2) is 0 Å². The van der Waals surface area contributed by atoms with E-state index in [1.54, 1.807) is 18.3 Å². The molecule has 92 valence electrons. The predicted molar refractivity (Wildman–Crippen MR) is 71.1 cm³/mol. The largest absolute Gasteiger partial charge is 0.406 e. The molecular weight excluding hydrogens is 304 g/mol. The summed E-state index contributed by atoms with van der Waals surface area (Å²) < 4.78 is 6.47. The van der Waals surface area contributed by atoms with E-state index in [1.165, 1.54) is 4.88 Å². The van der Waals surface area contributed by atoms with E-state index in [-0.39, 0.29) is 6.04 Å². The van der Waals surface area contributed by atoms with E-state index in [0.29, 0.717) is 11.9 Å². The highest BCUT2D eigenvalue weighted by molar-refractivity contribution is 9.11. The van der Waals surface area contributed by atoms with Crippen LogP contribution in [0.1, 0.15) is 23.7 Å². The van der Waals surface area contributed by atoms with Gasteiger partial charge >= 0.3 is 6.01 Å². The molecule has 5 nitrogen and oxygen atoms in total. The Bertz CT molecular complexity index is 482. The Hall–Kier alpha value is -0.920. The quantitative estimate of drug-likeness (QED) is 0.886. The second-order valence-corrected chi connectivity index (χ2v) is 6.16. The first-order chi connectivity index (χ1) is 8.15. The van der Waals surface area contributed by atoms with E-state index in [1.807, 2.05) is 6.07 Å². The maximum absolute atomic E-state index is 5.62. The summed E-state index contributed by atoms with van der Waals surface area (Å²) >= 11 is 5.15. The van der Waals surface area contributed by atoms with E-state index in [0.717, 1.165) is 16.8 Å². The highest BCUT2D eigenvalue weighted by Crippen LogP contribution is 2.22. The number of nitrogens with zero attached hydrogens (tertiary/aromatic N) is 2. The van der Waals surface area contributed by atoms with Gasteiger partial charge in [0, 0.05) is 11.4 Å². The van der Waals surface area contributed by atoms with Crippen molar-refractivity contribution in [3.05, 3.63) is 26.7 Å². The lowest BCUT2D eigenvalue weighted by molar-refractivity contribution is 0.473. The van der Waals surface area contributed by atoms with Crippen molar-refractivity contribution >= 4 is 33.3 Å². The fourth-order valence-electron chi connectivity index (χ4n) is 1.27. The Kier molecular flexibility index (Phi) is 4.14. The van der Waals surface area contributed by atoms with Crippen molar-refractivity contribution in [1.29, 1.82) is 0 Å². The number of halogens is 1. The third-order valence-corrected chi connectivity index (χ3v) is 3.79. The van der Waals surface area contributed by atoms with Gasteiger partial charge in [0.25, 0.3) is 0 Å². The lowest BCUT2D eigenvalue weighted by atomic mass is 10.3. The van der Waals surface area contributed by atoms with Gasteiger partial charge in [0.1, 0.15) is 0 Å². The molecule has 0 aliphatic carbocycles. The second-order valence-electron chi connectivity index (χ2n) is 3.62. The fraction of sp³-hybridized carbons (Fsp3) is 0.400. The Morgan fingerprint density at radius 1 is 1.53 bits per heavy atom. The average Bonchev–Trinajstić information content (AvgIpc) is 2.88. The molecule has 0 bridgehead atoms. The van der Waals surface area contributed by atoms with Crippen molar-refractivity contribution in [2.45, 2.75) is 19.4 Å². The molecule has 0 saturated heterocycles. The Morgan fingerprint density at radius 2 is 2.35 bits per heavy atom. The summed E-state index contributed by atoms with van der Waals surface area (Å²) in [4.78, 5) is 1.30. The maximum Gasteiger partial charge on any atom is 0.315 e. The van der Waals surface area contributed by atoms with Gasteiger partial charge in [-0.15, -0.1) is 16.4 Å². The monoisotopic (exact) mass is 316 g/mol. The van der Waals surface area contributed by atoms with Crippen LogP contribution < -0.4 is 11.1 Å². The summed E-state index contributed by atoms with van der Waals surface area (Å²) in [5.74, 6) is 0.450. The molecule has 2 rings (SSSR count). The number of nitrogens with two attached hydrogens (primary N) is 1. The molecule has 3 N–H and O–H groups in total. The van der Waals surface area contributed by atoms with Gasteiger partial charge in [-0.2, -0.15) is 0 Å². The second kappa shape index (κ2) is 5.61. The minimum absolute atomic E-state index is 0.230. The molecular formula is C10H13BrN4OS. The highest BCUT2D eigenvalue weighted by atomic mass is 79.9. The minimum atomic E-state index is -0.230. The third kappa shape index (κ3) is 3.52. The standard InChI is InChI=1S/C10H13BrN4OS/c1-6(12)9-14-15-10(16-9)13-5-4-7-2-3-8(11)17-7/h2-3,6H,4-5,12H2,1H3,(H,13,15). The van der Waals surface area contributed by atoms with E-state index in [2.05, 4.69) is 37.5 Å². The number of anilines is 1. The number of aromatic nitrogens is 2. The molecule has 1 atom stereocenters. The predicted octanol–water partition coefficient (Wildman–Crippen LogP) is 2.57. The first-order valence-electron chi connectivity index (χ1n) is 5.22. The van der Waals surface area contributed by atoms with E-state index >= 15 is 0 Å². The summed E-state index contributed by atoms with van der Waals surface area (Å²) in [6.07, 6.45) is 0.923. The van der Waals surface area contributed by atoms with Crippen LogP contribution in [0.3, 0.4) is 0 Å². The van der Waals surface area contributed by atoms with Crippen molar-refractivity contribution < 1.29 is 4.42 Å². The van der Waals surface area contributed by atoms with Crippen molar-refractivity contribution in [2.75, 3.05) is 11.9 Å². The van der Waals surface area contributed by atoms with Crippen LogP contribution in [-0.2, 0) is 6.42 Å². The third-order valence-electron chi connectivity index (χ3n) is 2.11. The van der Waals surface area contributed by atoms with Gasteiger partial charge in [-0.3, -0.25) is 0 Å². The zero-order chi connectivity index (χ0) is 12.3. The topological polar surface area (TPSA) is 77.0 Å². The minimum Gasteiger partial charge on any atom is -0.406 e. The summed E-state index contributed by atoms with van der Waals surface area (Å²) in [6.45, 7) is 2.56. The maximum atomic E-state index is 5.62. The van der Waals surface area contributed by atoms with E-state index < -0.39 is 0 Å². The van der Waals surface area contributed by atoms with Crippen LogP contribution in [0.5, 0.6) is 0 Å². The van der Waals surface area contributed by atoms with Crippen LogP contribution in [0.2, 0.25) is 0 Å². The molecule has 0 aliphatic rings. The first-order valence-corrected chi connectivity index (χ1v) is 6.83. The van der Waals surface area contributed by atoms with Gasteiger partial charge in [0.2, 0.25) is 5.89 Å². The average molecular weight is 317 g/mol. The SMILES string of the molecule is CC(N)c1nnc(NCCc2ccc(Br)s2)o1. The van der Waals surface area contributed by atoms with Crippen LogP contribution in [0.4, 0.5) is 6.01 Å². The van der Waals surface area contributed by atoms with Crippen LogP contribution in [-0.4, -0.2) is 16.7 Å². The Balaban J connectivity index is 1.81. The van der Waals surface area contributed by atoms with Crippen LogP contribution in [0.25, 0.3) is 0 Å². The van der Waals surface area contributed by atoms with E-state index in [9.17, 15) is 0 Å². The molecule has 17 heavy (non-hydrogen) atoms. The van der Waals surface area contributed by atoms with Crippen molar-refractivity contribution in [2.24, 2.45) is 5.73 Å². The molecule has 0 fully saturated rings. The molecule has 2 aromatic heterocycles. The van der Waals surface area contributed by atoms with Gasteiger partial charge in [-0.25, -0.2) is 0 Å². The van der Waals surface area contributed by atoms with Crippen LogP contribution in [0.15, 0.2) is 20.3 Å². The molecule has 0 aromatic carbocycles. The van der Waals surface area contributed by atoms with Gasteiger partial charge < -0.3 is 15.5 Å². The normalized spacial score (nSPS) is 12.6. The number of hydrogen-bond acceptors (Lipinski definition) is 6. The number of thiophene rings is 1. The zero-order valence-corrected chi connectivity index (χ0v) is 11.7. The number of nitrogens with one attached hydrogen (secondary N) is 1. The van der Waals surface area contributed by atoms with Crippen molar-refractivity contribution in [3.8, 4) is 0 Å². The molecule has 0 amide bonds. The summed E-state index contributed by atoms with van der Waals surface area (Å²) in [7, 11) is 0. The Labute approximate surface area is 112 Å². The number of hydrogen-bond donors (Lipinski definition) is 2. The summed E-state index contributed by atoms with van der Waals surface area (Å²) in [5, 5.41) is 10.8. The Morgan fingerprint density at radius 3 is 2.94 bits per heavy atom. The highest BCUT2D eigenvalue weighted by Gasteiger charge is 2.09. The summed E-state index contributed by atoms with van der Waals surface area (Å²) in [5.41, 5.74) is 5.62. The molecule has 2 heterocycles. The molecule has 0 radical (unpaired) electrons. The molecule has 0 spiro atoms. The van der Waals surface area contributed by atoms with Gasteiger partial charge in [-0.05, 0) is 41.4 Å². The fourth-order valence-corrected chi connectivity index (χ4v) is 2.75. The molecule has 2 aromatic rings.